The van der Waals surface area contributed by atoms with Crippen LogP contribution in [0.4, 0.5) is 5.13 Å². The average Bonchev–Trinajstić information content (AvgIpc) is 3.19. The van der Waals surface area contributed by atoms with E-state index >= 15 is 0 Å². The van der Waals surface area contributed by atoms with Gasteiger partial charge in [0.05, 0.1) is 23.4 Å². The molecule has 9 heteroatoms. The van der Waals surface area contributed by atoms with Crippen molar-refractivity contribution in [2.45, 2.75) is 13.3 Å². The topological polar surface area (TPSA) is 54.9 Å². The molecule has 6 nitrogen and oxygen atoms in total. The van der Waals surface area contributed by atoms with E-state index in [0.29, 0.717) is 17.4 Å². The number of carbonyl (C=O) groups excluding carboxylic acids is 1. The number of halogens is 2. The molecule has 1 aliphatic rings. The summed E-state index contributed by atoms with van der Waals surface area (Å²) in [5.41, 5.74) is 2.05. The molecule has 0 spiro atoms. The fourth-order valence-electron chi connectivity index (χ4n) is 3.46. The van der Waals surface area contributed by atoms with Gasteiger partial charge in [0.1, 0.15) is 5.75 Å². The van der Waals surface area contributed by atoms with Crippen LogP contribution in [-0.4, -0.2) is 61.8 Å². The molecule has 1 saturated heterocycles. The Bertz CT molecular complexity index is 1030. The van der Waals surface area contributed by atoms with Crippen LogP contribution in [0.1, 0.15) is 12.0 Å². The maximum absolute atomic E-state index is 13.1. The van der Waals surface area contributed by atoms with Crippen LogP contribution in [0.5, 0.6) is 5.75 Å². The van der Waals surface area contributed by atoms with E-state index in [1.54, 1.807) is 4.90 Å². The largest absolute Gasteiger partial charge is 0.484 e. The smallest absolute Gasteiger partial charge is 0.266 e. The lowest BCUT2D eigenvalue weighted by Crippen LogP contribution is -2.40. The van der Waals surface area contributed by atoms with Crippen molar-refractivity contribution in [3.63, 3.8) is 0 Å². The van der Waals surface area contributed by atoms with Crippen molar-refractivity contribution in [3.8, 4) is 5.75 Å². The van der Waals surface area contributed by atoms with E-state index in [1.165, 1.54) is 11.3 Å². The highest BCUT2D eigenvalue weighted by atomic mass is 79.9. The number of hydrogen-bond donors (Lipinski definition) is 0. The van der Waals surface area contributed by atoms with Crippen LogP contribution in [0, 0.1) is 6.92 Å². The molecule has 0 N–H and O–H groups in total. The van der Waals surface area contributed by atoms with Gasteiger partial charge in [-0.25, -0.2) is 4.98 Å². The number of ether oxygens (including phenoxy) is 2. The highest BCUT2D eigenvalue weighted by Crippen LogP contribution is 2.31. The first-order valence-electron chi connectivity index (χ1n) is 10.4. The average molecular weight is 541 g/mol. The Morgan fingerprint density at radius 3 is 2.72 bits per heavy atom. The van der Waals surface area contributed by atoms with E-state index in [0.717, 1.165) is 59.5 Å². The van der Waals surface area contributed by atoms with Gasteiger partial charge in [-0.3, -0.25) is 14.6 Å². The lowest BCUT2D eigenvalue weighted by Gasteiger charge is -2.27. The molecule has 0 atom stereocenters. The summed E-state index contributed by atoms with van der Waals surface area (Å²) in [5.74, 6) is 0.612. The Balaban J connectivity index is 0.00000289. The third-order valence-electron chi connectivity index (χ3n) is 5.21. The summed E-state index contributed by atoms with van der Waals surface area (Å²) in [6, 6.07) is 13.7. The van der Waals surface area contributed by atoms with Crippen LogP contribution in [0.15, 0.2) is 46.9 Å². The second-order valence-electron chi connectivity index (χ2n) is 7.56. The van der Waals surface area contributed by atoms with Gasteiger partial charge < -0.3 is 9.47 Å². The zero-order valence-electron chi connectivity index (χ0n) is 18.0. The second-order valence-corrected chi connectivity index (χ2v) is 9.49. The zero-order chi connectivity index (χ0) is 21.6. The van der Waals surface area contributed by atoms with E-state index < -0.39 is 0 Å². The van der Waals surface area contributed by atoms with Crippen molar-refractivity contribution in [2.75, 3.05) is 50.9 Å². The molecule has 2 aromatic carbocycles. The number of carbonyl (C=O) groups is 1. The van der Waals surface area contributed by atoms with E-state index in [9.17, 15) is 4.79 Å². The van der Waals surface area contributed by atoms with E-state index in [4.69, 9.17) is 14.5 Å². The Morgan fingerprint density at radius 2 is 1.97 bits per heavy atom. The van der Waals surface area contributed by atoms with Crippen LogP contribution in [-0.2, 0) is 9.53 Å². The Hall–Kier alpha value is -1.71. The number of nitrogens with zero attached hydrogens (tertiary/aromatic N) is 3. The number of thiazole rings is 1. The molecule has 0 radical (unpaired) electrons. The molecule has 1 aromatic heterocycles. The lowest BCUT2D eigenvalue weighted by atomic mass is 10.2. The number of fused-ring (bicyclic) bond motifs is 1. The van der Waals surface area contributed by atoms with Gasteiger partial charge in [-0.1, -0.05) is 45.0 Å². The standard InChI is InChI=1S/C23H26BrN3O3S.ClH/c1-17-3-6-19(7-4-17)30-16-22(28)27(10-2-9-26-11-13-29-14-12-26)23-25-20-8-5-18(24)15-21(20)31-23;/h3-8,15H,2,9-14,16H2,1H3;1H. The van der Waals surface area contributed by atoms with Crippen molar-refractivity contribution in [1.29, 1.82) is 0 Å². The van der Waals surface area contributed by atoms with Gasteiger partial charge in [-0.05, 0) is 43.7 Å². The van der Waals surface area contributed by atoms with Crippen LogP contribution < -0.4 is 9.64 Å². The first-order chi connectivity index (χ1) is 15.1. The molecule has 2 heterocycles. The first kappa shape index (κ1) is 24.9. The Kier molecular flexibility index (Phi) is 9.31. The summed E-state index contributed by atoms with van der Waals surface area (Å²) in [7, 11) is 0. The predicted octanol–water partition coefficient (Wildman–Crippen LogP) is 4.92. The fraction of sp³-hybridized carbons (Fsp3) is 0.391. The highest BCUT2D eigenvalue weighted by molar-refractivity contribution is 9.10. The monoisotopic (exact) mass is 539 g/mol. The van der Waals surface area contributed by atoms with E-state index in [1.807, 2.05) is 49.4 Å². The quantitative estimate of drug-likeness (QED) is 0.406. The number of hydrogen-bond acceptors (Lipinski definition) is 6. The van der Waals surface area contributed by atoms with Gasteiger partial charge in [0.15, 0.2) is 11.7 Å². The Morgan fingerprint density at radius 1 is 1.22 bits per heavy atom. The molecule has 1 fully saturated rings. The number of morpholine rings is 1. The number of benzene rings is 2. The third kappa shape index (κ3) is 6.65. The number of aromatic nitrogens is 1. The van der Waals surface area contributed by atoms with Gasteiger partial charge in [0, 0.05) is 30.7 Å². The number of aryl methyl sites for hydroxylation is 1. The minimum absolute atomic E-state index is 0. The lowest BCUT2D eigenvalue weighted by molar-refractivity contribution is -0.120. The molecule has 0 aliphatic carbocycles. The van der Waals surface area contributed by atoms with Crippen molar-refractivity contribution < 1.29 is 14.3 Å². The second kappa shape index (κ2) is 12.0. The summed E-state index contributed by atoms with van der Waals surface area (Å²) in [4.78, 5) is 22.0. The molecule has 3 aromatic rings. The molecule has 0 bridgehead atoms. The van der Waals surface area contributed by atoms with Crippen LogP contribution in [0.3, 0.4) is 0 Å². The van der Waals surface area contributed by atoms with Gasteiger partial charge in [0.25, 0.3) is 5.91 Å². The highest BCUT2D eigenvalue weighted by Gasteiger charge is 2.21. The van der Waals surface area contributed by atoms with E-state index in [-0.39, 0.29) is 24.9 Å². The molecule has 1 amide bonds. The molecule has 32 heavy (non-hydrogen) atoms. The van der Waals surface area contributed by atoms with Crippen LogP contribution >= 0.6 is 39.7 Å². The maximum Gasteiger partial charge on any atom is 0.266 e. The normalized spacial score (nSPS) is 14.2. The first-order valence-corrected chi connectivity index (χ1v) is 12.1. The Labute approximate surface area is 207 Å². The fourth-order valence-corrected chi connectivity index (χ4v) is 5.02. The minimum Gasteiger partial charge on any atom is -0.484 e. The van der Waals surface area contributed by atoms with Crippen LogP contribution in [0.25, 0.3) is 10.2 Å². The van der Waals surface area contributed by atoms with Gasteiger partial charge in [-0.2, -0.15) is 0 Å². The molecule has 0 unspecified atom stereocenters. The SMILES string of the molecule is Cc1ccc(OCC(=O)N(CCCN2CCOCC2)c2nc3ccc(Br)cc3s2)cc1.Cl. The van der Waals surface area contributed by atoms with Gasteiger partial charge >= 0.3 is 0 Å². The third-order valence-corrected chi connectivity index (χ3v) is 6.75. The molecule has 4 rings (SSSR count). The van der Waals surface area contributed by atoms with Crippen molar-refractivity contribution in [1.82, 2.24) is 9.88 Å². The van der Waals surface area contributed by atoms with Crippen molar-refractivity contribution in [2.24, 2.45) is 0 Å². The summed E-state index contributed by atoms with van der Waals surface area (Å²) in [6.07, 6.45) is 0.871. The zero-order valence-corrected chi connectivity index (χ0v) is 21.2. The van der Waals surface area contributed by atoms with Gasteiger partial charge in [-0.15, -0.1) is 12.4 Å². The summed E-state index contributed by atoms with van der Waals surface area (Å²) in [5, 5.41) is 0.715. The van der Waals surface area contributed by atoms with E-state index in [2.05, 4.69) is 20.8 Å². The van der Waals surface area contributed by atoms with Gasteiger partial charge in [0.2, 0.25) is 0 Å². The predicted molar refractivity (Wildman–Crippen MR) is 135 cm³/mol. The van der Waals surface area contributed by atoms with Crippen LogP contribution in [0.2, 0.25) is 0 Å². The molecule has 0 saturated carbocycles. The minimum atomic E-state index is -0.0827. The number of amides is 1. The van der Waals surface area contributed by atoms with Crippen molar-refractivity contribution >= 4 is 60.9 Å². The van der Waals surface area contributed by atoms with Crippen molar-refractivity contribution in [3.05, 3.63) is 52.5 Å². The molecule has 172 valence electrons. The molecule has 1 aliphatic heterocycles. The number of rotatable bonds is 8. The molecular weight excluding hydrogens is 514 g/mol. The maximum atomic E-state index is 13.1. The summed E-state index contributed by atoms with van der Waals surface area (Å²) in [6.45, 7) is 6.99. The number of anilines is 1. The summed E-state index contributed by atoms with van der Waals surface area (Å²) >= 11 is 5.04. The summed E-state index contributed by atoms with van der Waals surface area (Å²) < 4.78 is 13.2. The molecular formula is C23H27BrClN3O3S.